The van der Waals surface area contributed by atoms with Crippen molar-refractivity contribution in [3.63, 3.8) is 0 Å². The Balaban J connectivity index is 1.88. The number of benzene rings is 1. The van der Waals surface area contributed by atoms with E-state index in [-0.39, 0.29) is 17.0 Å². The van der Waals surface area contributed by atoms with Crippen molar-refractivity contribution in [3.8, 4) is 11.3 Å². The number of ether oxygens (including phenoxy) is 1. The standard InChI is InChI=1S/C23H26N4O3S/c1-23(2,3)30-22(29)27-11-7-10-16(27)14-12-15(13-8-5-4-6-9-13)26-21-17(14)18(24)19(31-21)20(25)28/h4-6,8-9,12,16H,7,10-11,24H2,1-3H3,(H2,25,28). The molecule has 1 aliphatic heterocycles. The molecular weight excluding hydrogens is 412 g/mol. The Morgan fingerprint density at radius 3 is 2.58 bits per heavy atom. The molecule has 1 atom stereocenters. The zero-order chi connectivity index (χ0) is 22.3. The SMILES string of the molecule is CC(C)(C)OC(=O)N1CCCC1c1cc(-c2ccccc2)nc2sc(C(N)=O)c(N)c12. The fourth-order valence-corrected chi connectivity index (χ4v) is 4.96. The molecule has 2 aromatic heterocycles. The van der Waals surface area contributed by atoms with Crippen LogP contribution >= 0.6 is 11.3 Å². The second-order valence-electron chi connectivity index (χ2n) is 8.68. The Kier molecular flexibility index (Phi) is 5.35. The van der Waals surface area contributed by atoms with Crippen molar-refractivity contribution < 1.29 is 14.3 Å². The number of carbonyl (C=O) groups is 2. The molecule has 0 radical (unpaired) electrons. The number of aromatic nitrogens is 1. The number of carbonyl (C=O) groups excluding carboxylic acids is 2. The van der Waals surface area contributed by atoms with Crippen LogP contribution in [0.2, 0.25) is 0 Å². The molecule has 3 heterocycles. The Morgan fingerprint density at radius 2 is 1.94 bits per heavy atom. The molecule has 1 unspecified atom stereocenters. The molecular formula is C23H26N4O3S. The highest BCUT2D eigenvalue weighted by molar-refractivity contribution is 7.21. The number of amides is 2. The maximum absolute atomic E-state index is 12.9. The van der Waals surface area contributed by atoms with Crippen LogP contribution in [-0.2, 0) is 4.74 Å². The molecule has 0 spiro atoms. The molecule has 8 heteroatoms. The lowest BCUT2D eigenvalue weighted by Crippen LogP contribution is -2.36. The molecule has 0 bridgehead atoms. The number of primary amides is 1. The topological polar surface area (TPSA) is 112 Å². The van der Waals surface area contributed by atoms with Crippen LogP contribution in [-0.4, -0.2) is 34.0 Å². The van der Waals surface area contributed by atoms with E-state index in [1.165, 1.54) is 11.3 Å². The minimum atomic E-state index is -0.590. The lowest BCUT2D eigenvalue weighted by atomic mass is 9.98. The molecule has 0 aliphatic carbocycles. The first kappa shape index (κ1) is 21.1. The zero-order valence-electron chi connectivity index (χ0n) is 17.8. The number of nitrogens with zero attached hydrogens (tertiary/aromatic N) is 2. The van der Waals surface area contributed by atoms with E-state index in [2.05, 4.69) is 0 Å². The summed E-state index contributed by atoms with van der Waals surface area (Å²) in [4.78, 5) is 32.3. The number of likely N-dealkylation sites (tertiary alicyclic amines) is 1. The van der Waals surface area contributed by atoms with Gasteiger partial charge in [-0.3, -0.25) is 4.79 Å². The van der Waals surface area contributed by atoms with Gasteiger partial charge in [0.15, 0.2) is 0 Å². The molecule has 4 N–H and O–H groups in total. The Morgan fingerprint density at radius 1 is 1.23 bits per heavy atom. The highest BCUT2D eigenvalue weighted by atomic mass is 32.1. The van der Waals surface area contributed by atoms with Crippen LogP contribution in [0, 0.1) is 0 Å². The first-order valence-electron chi connectivity index (χ1n) is 10.2. The van der Waals surface area contributed by atoms with Crippen molar-refractivity contribution in [2.45, 2.75) is 45.3 Å². The Labute approximate surface area is 185 Å². The molecule has 2 amide bonds. The van der Waals surface area contributed by atoms with Crippen molar-refractivity contribution in [1.29, 1.82) is 0 Å². The molecule has 0 saturated carbocycles. The van der Waals surface area contributed by atoms with Gasteiger partial charge in [-0.2, -0.15) is 0 Å². The van der Waals surface area contributed by atoms with Crippen LogP contribution in [0.3, 0.4) is 0 Å². The summed E-state index contributed by atoms with van der Waals surface area (Å²) < 4.78 is 5.64. The predicted molar refractivity (Wildman–Crippen MR) is 123 cm³/mol. The average Bonchev–Trinajstić information content (AvgIpc) is 3.32. The summed E-state index contributed by atoms with van der Waals surface area (Å²) in [5, 5.41) is 0.693. The van der Waals surface area contributed by atoms with Gasteiger partial charge in [0.05, 0.1) is 17.4 Å². The van der Waals surface area contributed by atoms with Gasteiger partial charge in [-0.25, -0.2) is 9.78 Å². The Bertz CT molecular complexity index is 1150. The second-order valence-corrected chi connectivity index (χ2v) is 9.68. The largest absolute Gasteiger partial charge is 0.444 e. The number of nitrogen functional groups attached to an aromatic ring is 1. The first-order valence-corrected chi connectivity index (χ1v) is 11.0. The summed E-state index contributed by atoms with van der Waals surface area (Å²) >= 11 is 1.19. The van der Waals surface area contributed by atoms with Gasteiger partial charge in [0, 0.05) is 17.5 Å². The summed E-state index contributed by atoms with van der Waals surface area (Å²) in [6.45, 7) is 6.15. The third kappa shape index (κ3) is 4.07. The molecule has 3 aromatic rings. The minimum Gasteiger partial charge on any atom is -0.444 e. The van der Waals surface area contributed by atoms with Crippen LogP contribution in [0.1, 0.15) is 54.9 Å². The van der Waals surface area contributed by atoms with Crippen LogP contribution in [0.15, 0.2) is 36.4 Å². The van der Waals surface area contributed by atoms with Crippen molar-refractivity contribution in [2.24, 2.45) is 5.73 Å². The normalized spacial score (nSPS) is 16.6. The summed E-state index contributed by atoms with van der Waals surface area (Å²) in [5.41, 5.74) is 14.2. The molecule has 4 rings (SSSR count). The maximum Gasteiger partial charge on any atom is 0.410 e. The molecule has 1 aliphatic rings. The van der Waals surface area contributed by atoms with Gasteiger partial charge in [0.1, 0.15) is 15.3 Å². The lowest BCUT2D eigenvalue weighted by molar-refractivity contribution is 0.0225. The average molecular weight is 439 g/mol. The van der Waals surface area contributed by atoms with Crippen molar-refractivity contribution in [2.75, 3.05) is 12.3 Å². The minimum absolute atomic E-state index is 0.222. The zero-order valence-corrected chi connectivity index (χ0v) is 18.7. The van der Waals surface area contributed by atoms with E-state index in [1.807, 2.05) is 57.2 Å². The lowest BCUT2D eigenvalue weighted by Gasteiger charge is -2.29. The quantitative estimate of drug-likeness (QED) is 0.615. The van der Waals surface area contributed by atoms with Crippen LogP contribution in [0.4, 0.5) is 10.5 Å². The first-order chi connectivity index (χ1) is 14.7. The number of anilines is 1. The van der Waals surface area contributed by atoms with E-state index in [4.69, 9.17) is 21.2 Å². The number of rotatable bonds is 3. The van der Waals surface area contributed by atoms with Crippen LogP contribution in [0.5, 0.6) is 0 Å². The number of fused-ring (bicyclic) bond motifs is 1. The number of pyridine rings is 1. The van der Waals surface area contributed by atoms with Gasteiger partial charge in [0.2, 0.25) is 0 Å². The fourth-order valence-electron chi connectivity index (χ4n) is 3.98. The molecule has 7 nitrogen and oxygen atoms in total. The summed E-state index contributed by atoms with van der Waals surface area (Å²) in [6.07, 6.45) is 1.26. The second kappa shape index (κ2) is 7.85. The van der Waals surface area contributed by atoms with Crippen LogP contribution in [0.25, 0.3) is 21.5 Å². The van der Waals surface area contributed by atoms with Crippen molar-refractivity contribution in [1.82, 2.24) is 9.88 Å². The molecule has 162 valence electrons. The van der Waals surface area contributed by atoms with Gasteiger partial charge in [-0.15, -0.1) is 11.3 Å². The van der Waals surface area contributed by atoms with Gasteiger partial charge in [-0.1, -0.05) is 30.3 Å². The maximum atomic E-state index is 12.9. The summed E-state index contributed by atoms with van der Waals surface area (Å²) in [5.74, 6) is -0.580. The number of nitrogens with two attached hydrogens (primary N) is 2. The van der Waals surface area contributed by atoms with E-state index in [9.17, 15) is 9.59 Å². The van der Waals surface area contributed by atoms with E-state index < -0.39 is 11.5 Å². The number of hydrogen-bond acceptors (Lipinski definition) is 6. The smallest absolute Gasteiger partial charge is 0.410 e. The van der Waals surface area contributed by atoms with E-state index >= 15 is 0 Å². The summed E-state index contributed by atoms with van der Waals surface area (Å²) in [7, 11) is 0. The van der Waals surface area contributed by atoms with Crippen LogP contribution < -0.4 is 11.5 Å². The molecule has 31 heavy (non-hydrogen) atoms. The number of hydrogen-bond donors (Lipinski definition) is 2. The van der Waals surface area contributed by atoms with E-state index in [0.717, 1.165) is 29.7 Å². The van der Waals surface area contributed by atoms with Crippen molar-refractivity contribution >= 4 is 39.2 Å². The molecule has 1 saturated heterocycles. The van der Waals surface area contributed by atoms with Gasteiger partial charge >= 0.3 is 6.09 Å². The van der Waals surface area contributed by atoms with E-state index in [0.29, 0.717) is 22.4 Å². The van der Waals surface area contributed by atoms with Gasteiger partial charge < -0.3 is 21.1 Å². The third-order valence-corrected chi connectivity index (χ3v) is 6.38. The molecule has 1 fully saturated rings. The third-order valence-electron chi connectivity index (χ3n) is 5.26. The van der Waals surface area contributed by atoms with E-state index in [1.54, 1.807) is 4.90 Å². The highest BCUT2D eigenvalue weighted by Crippen LogP contribution is 2.43. The Hall–Kier alpha value is -3.13. The number of thiophene rings is 1. The fraction of sp³-hybridized carbons (Fsp3) is 0.348. The monoisotopic (exact) mass is 438 g/mol. The van der Waals surface area contributed by atoms with Crippen molar-refractivity contribution in [3.05, 3.63) is 46.8 Å². The van der Waals surface area contributed by atoms with Gasteiger partial charge in [-0.05, 0) is 45.2 Å². The molecule has 1 aromatic carbocycles. The predicted octanol–water partition coefficient (Wildman–Crippen LogP) is 4.72. The highest BCUT2D eigenvalue weighted by Gasteiger charge is 2.35. The summed E-state index contributed by atoms with van der Waals surface area (Å²) in [6, 6.07) is 11.5. The van der Waals surface area contributed by atoms with Gasteiger partial charge in [0.25, 0.3) is 5.91 Å².